The molecule has 9 aromatic carbocycles. The maximum absolute atomic E-state index is 10.1. The van der Waals surface area contributed by atoms with Crippen LogP contribution in [0, 0.1) is 0 Å². The fraction of sp³-hybridized carbons (Fsp3) is 0. The minimum Gasteiger partial charge on any atom is -0.455 e. The van der Waals surface area contributed by atoms with E-state index in [1.54, 1.807) is 24.3 Å². The van der Waals surface area contributed by atoms with Crippen LogP contribution in [-0.4, -0.2) is 4.57 Å². The normalized spacial score (nSPS) is 14.7. The molecule has 0 aliphatic carbocycles. The van der Waals surface area contributed by atoms with Crippen molar-refractivity contribution in [3.8, 4) is 16.8 Å². The summed E-state index contributed by atoms with van der Waals surface area (Å²) in [7, 11) is 0. The fourth-order valence-electron chi connectivity index (χ4n) is 7.61. The molecule has 0 saturated heterocycles. The number of benzene rings is 9. The lowest BCUT2D eigenvalue weighted by atomic mass is 10.00. The number of furan rings is 1. The smallest absolute Gasteiger partial charge is 0.143 e. The number of aromatic nitrogens is 1. The summed E-state index contributed by atoms with van der Waals surface area (Å²) in [5.74, 6) is 0. The summed E-state index contributed by atoms with van der Waals surface area (Å²) in [6.07, 6.45) is 0. The Labute approximate surface area is 321 Å². The summed E-state index contributed by atoms with van der Waals surface area (Å²) < 4.78 is 110. The Hall–Kier alpha value is -7.10. The van der Waals surface area contributed by atoms with Crippen molar-refractivity contribution in [3.63, 3.8) is 0 Å². The molecule has 0 N–H and O–H groups in total. The standard InChI is InChI=1S/C50H32N2O/c1-2-17-37(18-3-1)51-45-23-9-8-22-41(45)43-32-36(28-30-46(43)51)35-16-10-19-38(31-35)52(44-24-11-15-33-13-4-6-20-39(33)44)47-25-12-26-48-49(47)42-29-27-34-14-5-7-21-40(34)50(42)53-48/h1-32H/i4D,6D,10D,11D,13D,15D,16D,19D,20D,24D,31D. The first kappa shape index (κ1) is 20.7. The molecule has 0 aliphatic rings. The highest BCUT2D eigenvalue weighted by molar-refractivity contribution is 6.20. The van der Waals surface area contributed by atoms with Gasteiger partial charge in [0, 0.05) is 38.3 Å². The van der Waals surface area contributed by atoms with E-state index in [0.29, 0.717) is 27.5 Å². The number of para-hydroxylation sites is 2. The number of hydrogen-bond donors (Lipinski definition) is 0. The Morgan fingerprint density at radius 3 is 2.23 bits per heavy atom. The molecule has 0 radical (unpaired) electrons. The van der Waals surface area contributed by atoms with E-state index in [1.807, 2.05) is 103 Å². The van der Waals surface area contributed by atoms with E-state index >= 15 is 0 Å². The highest BCUT2D eigenvalue weighted by atomic mass is 16.3. The quantitative estimate of drug-likeness (QED) is 0.180. The van der Waals surface area contributed by atoms with Crippen LogP contribution < -0.4 is 4.90 Å². The van der Waals surface area contributed by atoms with Crippen molar-refractivity contribution in [2.24, 2.45) is 0 Å². The van der Waals surface area contributed by atoms with Gasteiger partial charge in [-0.05, 0) is 88.6 Å². The summed E-state index contributed by atoms with van der Waals surface area (Å²) in [5, 5.41) is 3.95. The fourth-order valence-corrected chi connectivity index (χ4v) is 7.61. The minimum absolute atomic E-state index is 0.00982. The molecule has 0 aliphatic heterocycles. The summed E-state index contributed by atoms with van der Waals surface area (Å²) in [6, 6.07) is 33.8. The average molecular weight is 688 g/mol. The van der Waals surface area contributed by atoms with Gasteiger partial charge in [-0.2, -0.15) is 0 Å². The molecule has 0 saturated carbocycles. The van der Waals surface area contributed by atoms with Crippen molar-refractivity contribution in [2.75, 3.05) is 4.90 Å². The third-order valence-electron chi connectivity index (χ3n) is 9.93. The van der Waals surface area contributed by atoms with Crippen LogP contribution in [0.2, 0.25) is 0 Å². The zero-order chi connectivity index (χ0) is 44.5. The number of rotatable bonds is 5. The summed E-state index contributed by atoms with van der Waals surface area (Å²) in [5.41, 5.74) is 3.72. The molecule has 0 atom stereocenters. The summed E-state index contributed by atoms with van der Waals surface area (Å²) >= 11 is 0. The molecule has 0 bridgehead atoms. The first-order valence-corrected chi connectivity index (χ1v) is 17.2. The topological polar surface area (TPSA) is 21.3 Å². The predicted molar refractivity (Wildman–Crippen MR) is 223 cm³/mol. The molecule has 2 aromatic heterocycles. The highest BCUT2D eigenvalue weighted by Crippen LogP contribution is 2.46. The van der Waals surface area contributed by atoms with Gasteiger partial charge < -0.3 is 13.9 Å². The van der Waals surface area contributed by atoms with E-state index in [-0.39, 0.29) is 45.5 Å². The van der Waals surface area contributed by atoms with Crippen LogP contribution in [0.3, 0.4) is 0 Å². The average Bonchev–Trinajstić information content (AvgIpc) is 3.87. The van der Waals surface area contributed by atoms with E-state index < -0.39 is 54.4 Å². The molecule has 0 spiro atoms. The SMILES string of the molecule is [2H]c1c([2H])c(-c2ccc3c(c2)c2ccccc2n3-c2ccccc2)c([2H])c(N(c2c([2H])c([2H])c([2H])c3c([2H])c([2H])c([2H])c([2H])c23)c2cccc3oc4c5ccccc5ccc4c23)c1[2H]. The first-order valence-electron chi connectivity index (χ1n) is 22.7. The van der Waals surface area contributed by atoms with Crippen molar-refractivity contribution >= 4 is 82.4 Å². The minimum atomic E-state index is -0.644. The van der Waals surface area contributed by atoms with Crippen LogP contribution in [0.25, 0.3) is 82.1 Å². The Kier molecular flexibility index (Phi) is 4.57. The molecular weight excluding hydrogens is 645 g/mol. The molecule has 3 heteroatoms. The predicted octanol–water partition coefficient (Wildman–Crippen LogP) is 14.1. The van der Waals surface area contributed by atoms with Crippen molar-refractivity contribution in [3.05, 3.63) is 194 Å². The molecule has 248 valence electrons. The Balaban J connectivity index is 1.28. The molecule has 0 fully saturated rings. The Morgan fingerprint density at radius 1 is 0.491 bits per heavy atom. The van der Waals surface area contributed by atoms with Crippen molar-refractivity contribution < 1.29 is 19.5 Å². The van der Waals surface area contributed by atoms with Crippen LogP contribution in [0.15, 0.2) is 198 Å². The van der Waals surface area contributed by atoms with Gasteiger partial charge in [0.1, 0.15) is 11.2 Å². The van der Waals surface area contributed by atoms with E-state index in [1.165, 1.54) is 4.90 Å². The second-order valence-corrected chi connectivity index (χ2v) is 12.9. The molecule has 2 heterocycles. The lowest BCUT2D eigenvalue weighted by molar-refractivity contribution is 0.672. The number of fused-ring (bicyclic) bond motifs is 9. The van der Waals surface area contributed by atoms with E-state index in [4.69, 9.17) is 11.3 Å². The van der Waals surface area contributed by atoms with Gasteiger partial charge in [0.2, 0.25) is 0 Å². The second-order valence-electron chi connectivity index (χ2n) is 12.9. The summed E-state index contributed by atoms with van der Waals surface area (Å²) in [6.45, 7) is 0. The molecule has 11 aromatic rings. The number of nitrogens with zero attached hydrogens (tertiary/aromatic N) is 2. The van der Waals surface area contributed by atoms with E-state index in [9.17, 15) is 8.22 Å². The third-order valence-corrected chi connectivity index (χ3v) is 9.93. The van der Waals surface area contributed by atoms with Gasteiger partial charge in [-0.1, -0.05) is 127 Å². The van der Waals surface area contributed by atoms with E-state index in [2.05, 4.69) is 4.57 Å². The lowest BCUT2D eigenvalue weighted by Gasteiger charge is -2.28. The van der Waals surface area contributed by atoms with Gasteiger partial charge in [-0.15, -0.1) is 0 Å². The van der Waals surface area contributed by atoms with Crippen molar-refractivity contribution in [1.82, 2.24) is 4.57 Å². The zero-order valence-electron chi connectivity index (χ0n) is 38.9. The highest BCUT2D eigenvalue weighted by Gasteiger charge is 2.22. The van der Waals surface area contributed by atoms with Gasteiger partial charge in [-0.25, -0.2) is 0 Å². The van der Waals surface area contributed by atoms with Crippen LogP contribution in [0.1, 0.15) is 15.1 Å². The third kappa shape index (κ3) is 4.61. The zero-order valence-corrected chi connectivity index (χ0v) is 27.9. The van der Waals surface area contributed by atoms with Crippen LogP contribution in [0.4, 0.5) is 17.1 Å². The van der Waals surface area contributed by atoms with Gasteiger partial charge in [0.25, 0.3) is 0 Å². The molecule has 11 rings (SSSR count). The van der Waals surface area contributed by atoms with Crippen LogP contribution >= 0.6 is 0 Å². The molecule has 53 heavy (non-hydrogen) atoms. The molecular formula is C50H32N2O. The second kappa shape index (κ2) is 11.7. The van der Waals surface area contributed by atoms with Crippen molar-refractivity contribution in [2.45, 2.75) is 0 Å². The van der Waals surface area contributed by atoms with Crippen LogP contribution in [0.5, 0.6) is 0 Å². The van der Waals surface area contributed by atoms with E-state index in [0.717, 1.165) is 38.3 Å². The maximum atomic E-state index is 10.1. The lowest BCUT2D eigenvalue weighted by Crippen LogP contribution is -2.11. The number of anilines is 3. The van der Waals surface area contributed by atoms with Gasteiger partial charge in [0.15, 0.2) is 0 Å². The van der Waals surface area contributed by atoms with Gasteiger partial charge >= 0.3 is 0 Å². The van der Waals surface area contributed by atoms with Crippen LogP contribution in [-0.2, 0) is 0 Å². The molecule has 3 nitrogen and oxygen atoms in total. The Morgan fingerprint density at radius 2 is 1.28 bits per heavy atom. The Bertz CT molecular complexity index is 3820. The largest absolute Gasteiger partial charge is 0.455 e. The number of hydrogen-bond acceptors (Lipinski definition) is 2. The first-order chi connectivity index (χ1) is 30.9. The van der Waals surface area contributed by atoms with Gasteiger partial charge in [0.05, 0.1) is 42.9 Å². The molecule has 0 amide bonds. The monoisotopic (exact) mass is 687 g/mol. The van der Waals surface area contributed by atoms with Crippen molar-refractivity contribution in [1.29, 1.82) is 0 Å². The van der Waals surface area contributed by atoms with Gasteiger partial charge in [-0.3, -0.25) is 0 Å². The summed E-state index contributed by atoms with van der Waals surface area (Å²) in [4.78, 5) is 1.33. The molecule has 0 unspecified atom stereocenters. The maximum Gasteiger partial charge on any atom is 0.143 e.